The van der Waals surface area contributed by atoms with Gasteiger partial charge in [-0.15, -0.1) is 0 Å². The van der Waals surface area contributed by atoms with Gasteiger partial charge in [-0.1, -0.05) is 6.07 Å². The fraction of sp³-hybridized carbons (Fsp3) is 0.150. The Balaban J connectivity index is 1.97. The molecule has 0 saturated carbocycles. The Kier molecular flexibility index (Phi) is 7.60. The fourth-order valence-electron chi connectivity index (χ4n) is 2.24. The first-order chi connectivity index (χ1) is 13.9. The molecule has 5 N–H and O–H groups in total. The highest BCUT2D eigenvalue weighted by Crippen LogP contribution is 2.28. The van der Waals surface area contributed by atoms with Crippen molar-refractivity contribution in [2.75, 3.05) is 31.4 Å². The minimum Gasteiger partial charge on any atom is -0.493 e. The topological polar surface area (TPSA) is 132 Å². The largest absolute Gasteiger partial charge is 0.493 e. The third-order valence-electron chi connectivity index (χ3n) is 3.62. The van der Waals surface area contributed by atoms with Gasteiger partial charge in [-0.25, -0.2) is 4.79 Å². The quantitative estimate of drug-likeness (QED) is 0.505. The standard InChI is InChI=1S/C20H22N4O5/c1-22-20(27)24-15-7-5-14(6-8-15)23-19(26)10-4-13-3-9-16(17(11-13)28-2)29-12-18(21)25/h3-11H,12H2,1-2H3,(H2,21,25)(H,23,26)(H2,22,24,27)/b10-4+. The molecule has 0 atom stereocenters. The van der Waals surface area contributed by atoms with Crippen LogP contribution in [0.15, 0.2) is 48.5 Å². The SMILES string of the molecule is CNC(=O)Nc1ccc(NC(=O)/C=C/c2ccc(OCC(N)=O)c(OC)c2)cc1. The molecule has 0 spiro atoms. The third kappa shape index (κ3) is 6.90. The van der Waals surface area contributed by atoms with Crippen molar-refractivity contribution in [3.8, 4) is 11.5 Å². The van der Waals surface area contributed by atoms with Crippen LogP contribution in [0.4, 0.5) is 16.2 Å². The predicted octanol–water partition coefficient (Wildman–Crippen LogP) is 1.96. The zero-order chi connectivity index (χ0) is 21.2. The number of hydrogen-bond acceptors (Lipinski definition) is 5. The lowest BCUT2D eigenvalue weighted by Crippen LogP contribution is -2.24. The van der Waals surface area contributed by atoms with Crippen LogP contribution in [-0.2, 0) is 9.59 Å². The van der Waals surface area contributed by atoms with Crippen LogP contribution in [-0.4, -0.2) is 38.6 Å². The maximum Gasteiger partial charge on any atom is 0.318 e. The number of carbonyl (C=O) groups excluding carboxylic acids is 3. The second kappa shape index (κ2) is 10.4. The van der Waals surface area contributed by atoms with Crippen molar-refractivity contribution in [1.29, 1.82) is 0 Å². The Bertz CT molecular complexity index is 910. The first kappa shape index (κ1) is 21.3. The molecule has 152 valence electrons. The van der Waals surface area contributed by atoms with E-state index in [1.54, 1.807) is 48.5 Å². The lowest BCUT2D eigenvalue weighted by molar-refractivity contribution is -0.120. The number of carbonyl (C=O) groups is 3. The van der Waals surface area contributed by atoms with Crippen molar-refractivity contribution in [3.63, 3.8) is 0 Å². The van der Waals surface area contributed by atoms with Crippen LogP contribution in [0.5, 0.6) is 11.5 Å². The van der Waals surface area contributed by atoms with E-state index < -0.39 is 5.91 Å². The van der Waals surface area contributed by atoms with E-state index >= 15 is 0 Å². The molecular weight excluding hydrogens is 376 g/mol. The summed E-state index contributed by atoms with van der Waals surface area (Å²) in [5.41, 5.74) is 6.94. The van der Waals surface area contributed by atoms with Crippen LogP contribution < -0.4 is 31.2 Å². The maximum absolute atomic E-state index is 12.1. The third-order valence-corrected chi connectivity index (χ3v) is 3.62. The normalized spacial score (nSPS) is 10.3. The highest BCUT2D eigenvalue weighted by Gasteiger charge is 2.07. The Hall–Kier alpha value is -4.01. The summed E-state index contributed by atoms with van der Waals surface area (Å²) in [6, 6.07) is 11.4. The van der Waals surface area contributed by atoms with Gasteiger partial charge in [0.2, 0.25) is 5.91 Å². The van der Waals surface area contributed by atoms with E-state index in [0.29, 0.717) is 28.4 Å². The molecule has 0 heterocycles. The molecule has 0 saturated heterocycles. The molecule has 2 rings (SSSR count). The molecule has 4 amide bonds. The summed E-state index contributed by atoms with van der Waals surface area (Å²) < 4.78 is 10.5. The molecule has 2 aromatic carbocycles. The van der Waals surface area contributed by atoms with Crippen molar-refractivity contribution >= 4 is 35.3 Å². The van der Waals surface area contributed by atoms with Gasteiger partial charge >= 0.3 is 6.03 Å². The summed E-state index contributed by atoms with van der Waals surface area (Å²) in [4.78, 5) is 34.2. The number of nitrogens with one attached hydrogen (secondary N) is 3. The summed E-state index contributed by atoms with van der Waals surface area (Å²) in [5.74, 6) is -0.137. The minimum atomic E-state index is -0.592. The Morgan fingerprint density at radius 1 is 1.00 bits per heavy atom. The first-order valence-corrected chi connectivity index (χ1v) is 8.58. The number of urea groups is 1. The van der Waals surface area contributed by atoms with E-state index in [1.165, 1.54) is 20.2 Å². The van der Waals surface area contributed by atoms with Crippen LogP contribution in [0.3, 0.4) is 0 Å². The van der Waals surface area contributed by atoms with Crippen molar-refractivity contribution < 1.29 is 23.9 Å². The lowest BCUT2D eigenvalue weighted by Gasteiger charge is -2.10. The number of anilines is 2. The number of rotatable bonds is 8. The maximum atomic E-state index is 12.1. The van der Waals surface area contributed by atoms with Gasteiger partial charge in [0.05, 0.1) is 7.11 Å². The molecule has 29 heavy (non-hydrogen) atoms. The number of benzene rings is 2. The summed E-state index contributed by atoms with van der Waals surface area (Å²) in [6.07, 6.45) is 2.98. The van der Waals surface area contributed by atoms with Gasteiger partial charge in [0.15, 0.2) is 18.1 Å². The summed E-state index contributed by atoms with van der Waals surface area (Å²) >= 11 is 0. The first-order valence-electron chi connectivity index (χ1n) is 8.58. The van der Waals surface area contributed by atoms with Crippen LogP contribution >= 0.6 is 0 Å². The van der Waals surface area contributed by atoms with E-state index in [2.05, 4.69) is 16.0 Å². The molecule has 0 bridgehead atoms. The van der Waals surface area contributed by atoms with Crippen molar-refractivity contribution in [3.05, 3.63) is 54.1 Å². The number of amides is 4. The minimum absolute atomic E-state index is 0.259. The van der Waals surface area contributed by atoms with Crippen molar-refractivity contribution in [2.45, 2.75) is 0 Å². The molecule has 0 aliphatic rings. The second-order valence-corrected chi connectivity index (χ2v) is 5.77. The van der Waals surface area contributed by atoms with Crippen LogP contribution in [0.1, 0.15) is 5.56 Å². The number of ether oxygens (including phenoxy) is 2. The molecule has 0 aliphatic heterocycles. The van der Waals surface area contributed by atoms with Crippen molar-refractivity contribution in [1.82, 2.24) is 5.32 Å². The molecule has 2 aromatic rings. The molecular formula is C20H22N4O5. The van der Waals surface area contributed by atoms with Gasteiger partial charge in [-0.05, 0) is 48.0 Å². The van der Waals surface area contributed by atoms with Gasteiger partial charge < -0.3 is 31.2 Å². The molecule has 0 radical (unpaired) electrons. The highest BCUT2D eigenvalue weighted by molar-refractivity contribution is 6.02. The van der Waals surface area contributed by atoms with Gasteiger partial charge in [0.1, 0.15) is 0 Å². The van der Waals surface area contributed by atoms with E-state index in [0.717, 1.165) is 0 Å². The van der Waals surface area contributed by atoms with E-state index in [1.807, 2.05) is 0 Å². The lowest BCUT2D eigenvalue weighted by atomic mass is 10.2. The average molecular weight is 398 g/mol. The van der Waals surface area contributed by atoms with Crippen molar-refractivity contribution in [2.24, 2.45) is 5.73 Å². The molecule has 9 heteroatoms. The Morgan fingerprint density at radius 2 is 1.66 bits per heavy atom. The predicted molar refractivity (Wildman–Crippen MR) is 110 cm³/mol. The molecule has 0 aromatic heterocycles. The van der Waals surface area contributed by atoms with E-state index in [-0.39, 0.29) is 18.5 Å². The second-order valence-electron chi connectivity index (χ2n) is 5.77. The fourth-order valence-corrected chi connectivity index (χ4v) is 2.24. The Labute approximate surface area is 167 Å². The number of hydrogen-bond donors (Lipinski definition) is 4. The summed E-state index contributed by atoms with van der Waals surface area (Å²) in [7, 11) is 2.99. The molecule has 0 unspecified atom stereocenters. The zero-order valence-electron chi connectivity index (χ0n) is 16.0. The van der Waals surface area contributed by atoms with Gasteiger partial charge in [-0.3, -0.25) is 9.59 Å². The highest BCUT2D eigenvalue weighted by atomic mass is 16.5. The van der Waals surface area contributed by atoms with Gasteiger partial charge in [0.25, 0.3) is 5.91 Å². The van der Waals surface area contributed by atoms with Gasteiger partial charge in [0, 0.05) is 24.5 Å². The van der Waals surface area contributed by atoms with E-state index in [9.17, 15) is 14.4 Å². The van der Waals surface area contributed by atoms with Crippen LogP contribution in [0.25, 0.3) is 6.08 Å². The molecule has 0 fully saturated rings. The molecule has 9 nitrogen and oxygen atoms in total. The Morgan fingerprint density at radius 3 is 2.24 bits per heavy atom. The summed E-state index contributed by atoms with van der Waals surface area (Å²) in [6.45, 7) is -0.259. The van der Waals surface area contributed by atoms with E-state index in [4.69, 9.17) is 15.2 Å². The number of primary amides is 1. The zero-order valence-corrected chi connectivity index (χ0v) is 16.0. The number of methoxy groups -OCH3 is 1. The van der Waals surface area contributed by atoms with Crippen LogP contribution in [0.2, 0.25) is 0 Å². The summed E-state index contributed by atoms with van der Waals surface area (Å²) in [5, 5.41) is 7.79. The van der Waals surface area contributed by atoms with Crippen LogP contribution in [0, 0.1) is 0 Å². The molecule has 0 aliphatic carbocycles. The smallest absolute Gasteiger partial charge is 0.318 e. The van der Waals surface area contributed by atoms with Gasteiger partial charge in [-0.2, -0.15) is 0 Å². The average Bonchev–Trinajstić information content (AvgIpc) is 2.72. The number of nitrogens with two attached hydrogens (primary N) is 1. The monoisotopic (exact) mass is 398 g/mol.